The molecule has 1 atom stereocenters. The summed E-state index contributed by atoms with van der Waals surface area (Å²) in [6.07, 6.45) is 2.39. The van der Waals surface area contributed by atoms with E-state index >= 15 is 0 Å². The van der Waals surface area contributed by atoms with E-state index in [2.05, 4.69) is 4.90 Å². The molecule has 3 N–H and O–H groups in total. The fourth-order valence-corrected chi connectivity index (χ4v) is 2.37. The van der Waals surface area contributed by atoms with Crippen molar-refractivity contribution in [3.05, 3.63) is 23.8 Å². The Morgan fingerprint density at radius 3 is 2.74 bits per heavy atom. The number of aliphatic carboxylic acids is 1. The molecule has 19 heavy (non-hydrogen) atoms. The topological polar surface area (TPSA) is 75.8 Å². The molecule has 2 rings (SSSR count). The van der Waals surface area contributed by atoms with Crippen molar-refractivity contribution >= 4 is 11.7 Å². The van der Waals surface area contributed by atoms with Gasteiger partial charge in [0.05, 0.1) is 6.61 Å². The lowest BCUT2D eigenvalue weighted by Crippen LogP contribution is -2.22. The van der Waals surface area contributed by atoms with Crippen LogP contribution in [-0.2, 0) is 4.79 Å². The summed E-state index contributed by atoms with van der Waals surface area (Å²) in [6, 6.07) is 4.53. The Hall–Kier alpha value is -1.75. The third-order valence-corrected chi connectivity index (χ3v) is 3.37. The summed E-state index contributed by atoms with van der Waals surface area (Å²) in [6.45, 7) is 4.44. The Bertz CT molecular complexity index is 456. The summed E-state index contributed by atoms with van der Waals surface area (Å²) in [4.78, 5) is 13.3. The first-order valence-electron chi connectivity index (χ1n) is 6.63. The highest BCUT2D eigenvalue weighted by Crippen LogP contribution is 2.31. The van der Waals surface area contributed by atoms with Crippen molar-refractivity contribution in [2.24, 2.45) is 5.73 Å². The standard InChI is InChI=1S/C14H20N2O3/c1-2-19-12-9-10(16-7-3-4-8-16)5-6-11(12)13(15)14(17)18/h5-6,9,13H,2-4,7-8,15H2,1H3,(H,17,18)/t13-/m0/s1. The van der Waals surface area contributed by atoms with E-state index in [-0.39, 0.29) is 0 Å². The molecule has 1 saturated heterocycles. The largest absolute Gasteiger partial charge is 0.493 e. The van der Waals surface area contributed by atoms with E-state index < -0.39 is 12.0 Å². The van der Waals surface area contributed by atoms with E-state index in [1.807, 2.05) is 19.1 Å². The highest BCUT2D eigenvalue weighted by atomic mass is 16.5. The number of nitrogens with zero attached hydrogens (tertiary/aromatic N) is 1. The molecule has 1 heterocycles. The first-order chi connectivity index (χ1) is 9.13. The summed E-state index contributed by atoms with van der Waals surface area (Å²) in [7, 11) is 0. The van der Waals surface area contributed by atoms with Crippen molar-refractivity contribution in [2.45, 2.75) is 25.8 Å². The molecule has 1 fully saturated rings. The minimum atomic E-state index is -1.05. The zero-order valence-corrected chi connectivity index (χ0v) is 11.1. The van der Waals surface area contributed by atoms with Crippen LogP contribution in [0.3, 0.4) is 0 Å². The minimum Gasteiger partial charge on any atom is -0.493 e. The van der Waals surface area contributed by atoms with Gasteiger partial charge in [0.2, 0.25) is 0 Å². The molecule has 1 aromatic rings. The number of rotatable bonds is 5. The molecule has 0 unspecified atom stereocenters. The number of anilines is 1. The lowest BCUT2D eigenvalue weighted by Gasteiger charge is -2.21. The molecular formula is C14H20N2O3. The minimum absolute atomic E-state index is 0.489. The van der Waals surface area contributed by atoms with Gasteiger partial charge in [0.1, 0.15) is 11.8 Å². The Morgan fingerprint density at radius 1 is 1.47 bits per heavy atom. The summed E-state index contributed by atoms with van der Waals surface area (Å²) in [5, 5.41) is 9.02. The Kier molecular flexibility index (Phi) is 4.27. The number of carboxylic acid groups (broad SMARTS) is 1. The molecule has 0 saturated carbocycles. The SMILES string of the molecule is CCOc1cc(N2CCCC2)ccc1[C@H](N)C(=O)O. The van der Waals surface area contributed by atoms with Gasteiger partial charge in [-0.2, -0.15) is 0 Å². The lowest BCUT2D eigenvalue weighted by molar-refractivity contribution is -0.138. The summed E-state index contributed by atoms with van der Waals surface area (Å²) in [5.41, 5.74) is 7.28. The second-order valence-corrected chi connectivity index (χ2v) is 4.67. The van der Waals surface area contributed by atoms with Gasteiger partial charge in [0, 0.05) is 30.4 Å². The third-order valence-electron chi connectivity index (χ3n) is 3.37. The van der Waals surface area contributed by atoms with E-state index in [0.29, 0.717) is 17.9 Å². The van der Waals surface area contributed by atoms with Crippen LogP contribution in [0.4, 0.5) is 5.69 Å². The highest BCUT2D eigenvalue weighted by Gasteiger charge is 2.21. The average molecular weight is 264 g/mol. The molecule has 0 radical (unpaired) electrons. The number of nitrogens with two attached hydrogens (primary N) is 1. The van der Waals surface area contributed by atoms with Crippen LogP contribution in [0, 0.1) is 0 Å². The number of ether oxygens (including phenoxy) is 1. The number of carbonyl (C=O) groups is 1. The van der Waals surface area contributed by atoms with E-state index in [0.717, 1.165) is 18.8 Å². The molecule has 1 aromatic carbocycles. The van der Waals surface area contributed by atoms with Crippen LogP contribution in [0.1, 0.15) is 31.4 Å². The van der Waals surface area contributed by atoms with Gasteiger partial charge in [-0.3, -0.25) is 4.79 Å². The predicted molar refractivity (Wildman–Crippen MR) is 73.6 cm³/mol. The van der Waals surface area contributed by atoms with Crippen LogP contribution >= 0.6 is 0 Å². The lowest BCUT2D eigenvalue weighted by atomic mass is 10.1. The van der Waals surface area contributed by atoms with E-state index in [1.54, 1.807) is 6.07 Å². The van der Waals surface area contributed by atoms with Gasteiger partial charge in [0.15, 0.2) is 0 Å². The Morgan fingerprint density at radius 2 is 2.16 bits per heavy atom. The maximum atomic E-state index is 11.0. The monoisotopic (exact) mass is 264 g/mol. The molecule has 5 nitrogen and oxygen atoms in total. The number of carboxylic acids is 1. The van der Waals surface area contributed by atoms with E-state index in [1.165, 1.54) is 12.8 Å². The van der Waals surface area contributed by atoms with Crippen molar-refractivity contribution in [1.82, 2.24) is 0 Å². The number of hydrogen-bond donors (Lipinski definition) is 2. The fraction of sp³-hybridized carbons (Fsp3) is 0.500. The molecule has 1 aliphatic rings. The molecule has 1 aliphatic heterocycles. The zero-order chi connectivity index (χ0) is 13.8. The van der Waals surface area contributed by atoms with Crippen LogP contribution in [0.15, 0.2) is 18.2 Å². The molecule has 0 bridgehead atoms. The molecule has 0 aromatic heterocycles. The molecular weight excluding hydrogens is 244 g/mol. The third kappa shape index (κ3) is 2.98. The second kappa shape index (κ2) is 5.93. The summed E-state index contributed by atoms with van der Waals surface area (Å²) >= 11 is 0. The normalized spacial score (nSPS) is 16.4. The molecule has 104 valence electrons. The first kappa shape index (κ1) is 13.7. The maximum Gasteiger partial charge on any atom is 0.325 e. The van der Waals surface area contributed by atoms with Crippen LogP contribution in [-0.4, -0.2) is 30.8 Å². The maximum absolute atomic E-state index is 11.0. The number of hydrogen-bond acceptors (Lipinski definition) is 4. The van der Waals surface area contributed by atoms with Crippen molar-refractivity contribution in [3.63, 3.8) is 0 Å². The van der Waals surface area contributed by atoms with Gasteiger partial charge < -0.3 is 20.5 Å². The van der Waals surface area contributed by atoms with Crippen LogP contribution in [0.2, 0.25) is 0 Å². The quantitative estimate of drug-likeness (QED) is 0.847. The van der Waals surface area contributed by atoms with Crippen LogP contribution < -0.4 is 15.4 Å². The second-order valence-electron chi connectivity index (χ2n) is 4.67. The van der Waals surface area contributed by atoms with Crippen molar-refractivity contribution in [2.75, 3.05) is 24.6 Å². The van der Waals surface area contributed by atoms with Gasteiger partial charge in [-0.1, -0.05) is 6.07 Å². The molecule has 0 aliphatic carbocycles. The van der Waals surface area contributed by atoms with E-state index in [9.17, 15) is 4.79 Å². The average Bonchev–Trinajstić information content (AvgIpc) is 2.92. The number of benzene rings is 1. The first-order valence-corrected chi connectivity index (χ1v) is 6.63. The van der Waals surface area contributed by atoms with Crippen LogP contribution in [0.25, 0.3) is 0 Å². The van der Waals surface area contributed by atoms with Gasteiger partial charge in [0.25, 0.3) is 0 Å². The smallest absolute Gasteiger partial charge is 0.325 e. The highest BCUT2D eigenvalue weighted by molar-refractivity contribution is 5.77. The van der Waals surface area contributed by atoms with Crippen molar-refractivity contribution in [1.29, 1.82) is 0 Å². The van der Waals surface area contributed by atoms with Gasteiger partial charge >= 0.3 is 5.97 Å². The molecule has 5 heteroatoms. The fourth-order valence-electron chi connectivity index (χ4n) is 2.37. The van der Waals surface area contributed by atoms with Gasteiger partial charge in [-0.05, 0) is 25.8 Å². The van der Waals surface area contributed by atoms with Crippen molar-refractivity contribution < 1.29 is 14.6 Å². The molecule has 0 spiro atoms. The van der Waals surface area contributed by atoms with Crippen molar-refractivity contribution in [3.8, 4) is 5.75 Å². The van der Waals surface area contributed by atoms with Crippen LogP contribution in [0.5, 0.6) is 5.75 Å². The van der Waals surface area contributed by atoms with Gasteiger partial charge in [-0.15, -0.1) is 0 Å². The van der Waals surface area contributed by atoms with Gasteiger partial charge in [-0.25, -0.2) is 0 Å². The Labute approximate surface area is 113 Å². The predicted octanol–water partition coefficient (Wildman–Crippen LogP) is 1.77. The summed E-state index contributed by atoms with van der Waals surface area (Å²) in [5.74, 6) is -0.475. The van der Waals surface area contributed by atoms with E-state index in [4.69, 9.17) is 15.6 Å². The Balaban J connectivity index is 2.31. The summed E-state index contributed by atoms with van der Waals surface area (Å²) < 4.78 is 5.54. The molecule has 0 amide bonds. The zero-order valence-electron chi connectivity index (χ0n) is 11.1.